The third-order valence-corrected chi connectivity index (χ3v) is 3.88. The standard InChI is InChI=1S/C9H12BrNO2S/c10-8-4-2-1-3-7(8)5-14(13)6-9(11)12/h3-4H,1-2,5-6H2,(H2,11,12). The molecule has 1 aliphatic carbocycles. The molecular formula is C9H12BrNO2S. The number of carbonyl (C=O) groups is 1. The minimum atomic E-state index is -1.18. The van der Waals surface area contributed by atoms with Gasteiger partial charge in [-0.3, -0.25) is 9.00 Å². The van der Waals surface area contributed by atoms with Gasteiger partial charge in [0.05, 0.1) is 0 Å². The van der Waals surface area contributed by atoms with E-state index in [1.54, 1.807) is 0 Å². The fourth-order valence-corrected chi connectivity index (χ4v) is 2.96. The number of hydrogen-bond acceptors (Lipinski definition) is 2. The fraction of sp³-hybridized carbons (Fsp3) is 0.444. The minimum absolute atomic E-state index is 0.0579. The van der Waals surface area contributed by atoms with E-state index in [0.717, 1.165) is 22.9 Å². The molecule has 1 unspecified atom stereocenters. The van der Waals surface area contributed by atoms with Gasteiger partial charge >= 0.3 is 0 Å². The first-order valence-electron chi connectivity index (χ1n) is 4.28. The maximum atomic E-state index is 11.4. The highest BCUT2D eigenvalue weighted by molar-refractivity contribution is 9.12. The van der Waals surface area contributed by atoms with Crippen LogP contribution in [0, 0.1) is 0 Å². The van der Waals surface area contributed by atoms with Gasteiger partial charge in [0.2, 0.25) is 5.91 Å². The molecule has 2 N–H and O–H groups in total. The molecule has 3 nitrogen and oxygen atoms in total. The van der Waals surface area contributed by atoms with Crippen LogP contribution in [0.1, 0.15) is 12.8 Å². The highest BCUT2D eigenvalue weighted by Gasteiger charge is 2.11. The van der Waals surface area contributed by atoms with Crippen LogP contribution in [-0.4, -0.2) is 21.6 Å². The summed E-state index contributed by atoms with van der Waals surface area (Å²) in [5.41, 5.74) is 5.97. The van der Waals surface area contributed by atoms with Crippen molar-refractivity contribution in [3.63, 3.8) is 0 Å². The van der Waals surface area contributed by atoms with Crippen molar-refractivity contribution in [1.29, 1.82) is 0 Å². The number of primary amides is 1. The Morgan fingerprint density at radius 3 is 2.71 bits per heavy atom. The van der Waals surface area contributed by atoms with E-state index in [0.29, 0.717) is 5.75 Å². The molecule has 0 spiro atoms. The van der Waals surface area contributed by atoms with E-state index in [-0.39, 0.29) is 5.75 Å². The van der Waals surface area contributed by atoms with E-state index in [1.165, 1.54) is 0 Å². The quantitative estimate of drug-likeness (QED) is 0.840. The SMILES string of the molecule is NC(=O)CS(=O)CC1=CCCC=C1Br. The van der Waals surface area contributed by atoms with Gasteiger partial charge in [-0.05, 0) is 18.4 Å². The van der Waals surface area contributed by atoms with Gasteiger partial charge in [0.15, 0.2) is 0 Å². The van der Waals surface area contributed by atoms with E-state index in [9.17, 15) is 9.00 Å². The first kappa shape index (κ1) is 11.7. The zero-order valence-corrected chi connectivity index (χ0v) is 10.1. The van der Waals surface area contributed by atoms with Crippen molar-refractivity contribution in [3.05, 3.63) is 22.2 Å². The summed E-state index contributed by atoms with van der Waals surface area (Å²) in [7, 11) is -1.18. The molecule has 1 aliphatic rings. The summed E-state index contributed by atoms with van der Waals surface area (Å²) >= 11 is 3.39. The molecule has 0 fully saturated rings. The molecule has 1 atom stereocenters. The zero-order valence-electron chi connectivity index (χ0n) is 7.66. The molecule has 1 rings (SSSR count). The lowest BCUT2D eigenvalue weighted by atomic mass is 10.1. The van der Waals surface area contributed by atoms with Crippen molar-refractivity contribution >= 4 is 32.6 Å². The maximum Gasteiger partial charge on any atom is 0.230 e. The van der Waals surface area contributed by atoms with Gasteiger partial charge in [-0.15, -0.1) is 0 Å². The Hall–Kier alpha value is -0.420. The predicted molar refractivity (Wildman–Crippen MR) is 61.4 cm³/mol. The number of nitrogens with two attached hydrogens (primary N) is 1. The average molecular weight is 278 g/mol. The number of allylic oxidation sites excluding steroid dienone is 3. The predicted octanol–water partition coefficient (Wildman–Crippen LogP) is 1.22. The van der Waals surface area contributed by atoms with Crippen molar-refractivity contribution in [2.75, 3.05) is 11.5 Å². The topological polar surface area (TPSA) is 60.2 Å². The summed E-state index contributed by atoms with van der Waals surface area (Å²) in [5, 5.41) is 0. The van der Waals surface area contributed by atoms with Crippen LogP contribution in [0.15, 0.2) is 22.2 Å². The molecule has 0 saturated heterocycles. The molecule has 14 heavy (non-hydrogen) atoms. The molecule has 78 valence electrons. The van der Waals surface area contributed by atoms with Gasteiger partial charge < -0.3 is 5.73 Å². The number of hydrogen-bond donors (Lipinski definition) is 1. The van der Waals surface area contributed by atoms with Gasteiger partial charge in [-0.1, -0.05) is 28.1 Å². The second kappa shape index (κ2) is 5.46. The molecule has 0 radical (unpaired) electrons. The molecule has 0 saturated carbocycles. The Morgan fingerprint density at radius 2 is 2.14 bits per heavy atom. The molecule has 0 heterocycles. The molecule has 0 aromatic carbocycles. The maximum absolute atomic E-state index is 11.4. The lowest BCUT2D eigenvalue weighted by Crippen LogP contribution is -2.21. The van der Waals surface area contributed by atoms with Crippen LogP contribution in [-0.2, 0) is 15.6 Å². The second-order valence-electron chi connectivity index (χ2n) is 3.05. The molecule has 0 aliphatic heterocycles. The van der Waals surface area contributed by atoms with Crippen molar-refractivity contribution in [3.8, 4) is 0 Å². The van der Waals surface area contributed by atoms with Gasteiger partial charge in [-0.2, -0.15) is 0 Å². The van der Waals surface area contributed by atoms with Crippen molar-refractivity contribution in [1.82, 2.24) is 0 Å². The number of carbonyl (C=O) groups excluding carboxylic acids is 1. The second-order valence-corrected chi connectivity index (χ2v) is 5.36. The van der Waals surface area contributed by atoms with E-state index in [4.69, 9.17) is 5.73 Å². The Labute approximate surface area is 94.0 Å². The third kappa shape index (κ3) is 3.75. The minimum Gasteiger partial charge on any atom is -0.369 e. The largest absolute Gasteiger partial charge is 0.369 e. The summed E-state index contributed by atoms with van der Waals surface area (Å²) in [4.78, 5) is 10.5. The van der Waals surface area contributed by atoms with E-state index >= 15 is 0 Å². The zero-order chi connectivity index (χ0) is 10.6. The molecule has 0 aromatic rings. The molecule has 0 aromatic heterocycles. The molecule has 1 amide bonds. The van der Waals surface area contributed by atoms with Crippen molar-refractivity contribution in [2.24, 2.45) is 5.73 Å². The molecular weight excluding hydrogens is 266 g/mol. The summed E-state index contributed by atoms with van der Waals surface area (Å²) in [5.74, 6) is -0.169. The van der Waals surface area contributed by atoms with Crippen LogP contribution in [0.25, 0.3) is 0 Å². The van der Waals surface area contributed by atoms with Crippen LogP contribution in [0.2, 0.25) is 0 Å². The van der Waals surface area contributed by atoms with Crippen molar-refractivity contribution in [2.45, 2.75) is 12.8 Å². The number of rotatable bonds is 4. The lowest BCUT2D eigenvalue weighted by molar-refractivity contribution is -0.115. The smallest absolute Gasteiger partial charge is 0.230 e. The Bertz CT molecular complexity index is 323. The van der Waals surface area contributed by atoms with E-state index < -0.39 is 16.7 Å². The molecule has 5 heteroatoms. The first-order chi connectivity index (χ1) is 6.59. The van der Waals surface area contributed by atoms with Crippen molar-refractivity contribution < 1.29 is 9.00 Å². The van der Waals surface area contributed by atoms with Gasteiger partial charge in [0, 0.05) is 21.0 Å². The summed E-state index contributed by atoms with van der Waals surface area (Å²) in [6.45, 7) is 0. The van der Waals surface area contributed by atoms with E-state index in [2.05, 4.69) is 22.0 Å². The Kier molecular flexibility index (Phi) is 4.54. The van der Waals surface area contributed by atoms with Gasteiger partial charge in [0.1, 0.15) is 5.75 Å². The Balaban J connectivity index is 2.52. The lowest BCUT2D eigenvalue weighted by Gasteiger charge is -2.10. The van der Waals surface area contributed by atoms with Crippen LogP contribution < -0.4 is 5.73 Å². The number of amides is 1. The third-order valence-electron chi connectivity index (χ3n) is 1.81. The summed E-state index contributed by atoms with van der Waals surface area (Å²) < 4.78 is 12.4. The van der Waals surface area contributed by atoms with Crippen LogP contribution in [0.4, 0.5) is 0 Å². The monoisotopic (exact) mass is 277 g/mol. The van der Waals surface area contributed by atoms with E-state index in [1.807, 2.05) is 6.08 Å². The number of halogens is 1. The van der Waals surface area contributed by atoms with Gasteiger partial charge in [0.25, 0.3) is 0 Å². The first-order valence-corrected chi connectivity index (χ1v) is 6.56. The average Bonchev–Trinajstić information content (AvgIpc) is 2.07. The van der Waals surface area contributed by atoms with Gasteiger partial charge in [-0.25, -0.2) is 0 Å². The fourth-order valence-electron chi connectivity index (χ4n) is 1.21. The van der Waals surface area contributed by atoms with Crippen LogP contribution in [0.5, 0.6) is 0 Å². The van der Waals surface area contributed by atoms with Crippen LogP contribution in [0.3, 0.4) is 0 Å². The normalized spacial score (nSPS) is 18.4. The summed E-state index contributed by atoms with van der Waals surface area (Å²) in [6.07, 6.45) is 6.07. The molecule has 0 bridgehead atoms. The highest BCUT2D eigenvalue weighted by atomic mass is 79.9. The Morgan fingerprint density at radius 1 is 1.50 bits per heavy atom. The highest BCUT2D eigenvalue weighted by Crippen LogP contribution is 2.24. The van der Waals surface area contributed by atoms with Crippen LogP contribution >= 0.6 is 15.9 Å². The summed E-state index contributed by atoms with van der Waals surface area (Å²) in [6, 6.07) is 0.